The summed E-state index contributed by atoms with van der Waals surface area (Å²) < 4.78 is 19.7. The highest BCUT2D eigenvalue weighted by Gasteiger charge is 2.31. The summed E-state index contributed by atoms with van der Waals surface area (Å²) in [5.41, 5.74) is 0.134. The molecule has 1 amide bonds. The van der Waals surface area contributed by atoms with Gasteiger partial charge in [0.15, 0.2) is 0 Å². The maximum atomic E-state index is 14.4. The fraction of sp³-hybridized carbons (Fsp3) is 0.278. The average molecular weight is 394 g/mol. The summed E-state index contributed by atoms with van der Waals surface area (Å²) in [5, 5.41) is 13.6. The molecule has 9 heteroatoms. The predicted molar refractivity (Wildman–Crippen MR) is 98.3 cm³/mol. The lowest BCUT2D eigenvalue weighted by molar-refractivity contribution is -0.384. The van der Waals surface area contributed by atoms with E-state index in [1.807, 2.05) is 4.90 Å². The van der Waals surface area contributed by atoms with Crippen LogP contribution in [0.1, 0.15) is 11.6 Å². The number of halogens is 2. The highest BCUT2D eigenvalue weighted by Crippen LogP contribution is 2.30. The van der Waals surface area contributed by atoms with Crippen LogP contribution in [0, 0.1) is 15.9 Å². The minimum atomic E-state index is -0.884. The second-order valence-electron chi connectivity index (χ2n) is 5.98. The number of hydrogen-bond donors (Lipinski definition) is 1. The van der Waals surface area contributed by atoms with Crippen LogP contribution in [-0.4, -0.2) is 42.0 Å². The molecule has 1 aliphatic heterocycles. The van der Waals surface area contributed by atoms with Crippen molar-refractivity contribution in [2.45, 2.75) is 6.04 Å². The van der Waals surface area contributed by atoms with E-state index < -0.39 is 22.7 Å². The first-order valence-corrected chi connectivity index (χ1v) is 8.66. The van der Waals surface area contributed by atoms with Gasteiger partial charge in [0.05, 0.1) is 18.1 Å². The van der Waals surface area contributed by atoms with Gasteiger partial charge in [-0.1, -0.05) is 29.8 Å². The molecular weight excluding hydrogens is 377 g/mol. The van der Waals surface area contributed by atoms with E-state index in [0.717, 1.165) is 0 Å². The molecule has 0 saturated carbocycles. The highest BCUT2D eigenvalue weighted by molar-refractivity contribution is 6.32. The molecule has 1 aliphatic rings. The zero-order chi connectivity index (χ0) is 19.4. The van der Waals surface area contributed by atoms with Crippen molar-refractivity contribution in [2.24, 2.45) is 0 Å². The van der Waals surface area contributed by atoms with Crippen LogP contribution < -0.4 is 5.32 Å². The molecule has 0 aliphatic carbocycles. The summed E-state index contributed by atoms with van der Waals surface area (Å²) in [7, 11) is 0. The molecule has 0 spiro atoms. The normalized spacial score (nSPS) is 15.9. The Bertz CT molecular complexity index is 858. The van der Waals surface area contributed by atoms with Gasteiger partial charge in [-0.25, -0.2) is 4.39 Å². The Labute approximate surface area is 159 Å². The number of rotatable bonds is 5. The molecule has 0 radical (unpaired) electrons. The summed E-state index contributed by atoms with van der Waals surface area (Å²) in [6, 6.07) is 9.15. The van der Waals surface area contributed by atoms with Gasteiger partial charge in [0.1, 0.15) is 16.9 Å². The Morgan fingerprint density at radius 2 is 1.96 bits per heavy atom. The second-order valence-corrected chi connectivity index (χ2v) is 6.39. The van der Waals surface area contributed by atoms with Crippen LogP contribution in [0.2, 0.25) is 5.02 Å². The number of morpholine rings is 1. The average Bonchev–Trinajstić information content (AvgIpc) is 2.66. The molecule has 27 heavy (non-hydrogen) atoms. The zero-order valence-electron chi connectivity index (χ0n) is 14.2. The molecule has 1 N–H and O–H groups in total. The number of nitro benzene ring substituents is 1. The third kappa shape index (κ3) is 4.41. The highest BCUT2D eigenvalue weighted by atomic mass is 35.5. The fourth-order valence-electron chi connectivity index (χ4n) is 2.98. The zero-order valence-corrected chi connectivity index (χ0v) is 15.0. The lowest BCUT2D eigenvalue weighted by atomic mass is 10.0. The number of hydrogen-bond acceptors (Lipinski definition) is 5. The smallest absolute Gasteiger partial charge is 0.289 e. The van der Waals surface area contributed by atoms with Gasteiger partial charge in [-0.15, -0.1) is 0 Å². The molecule has 1 fully saturated rings. The number of amides is 1. The molecule has 2 aromatic rings. The Kier molecular flexibility index (Phi) is 6.00. The molecule has 1 heterocycles. The third-order valence-corrected chi connectivity index (χ3v) is 4.59. The fourth-order valence-corrected chi connectivity index (χ4v) is 3.16. The second kappa shape index (κ2) is 8.43. The molecule has 0 bridgehead atoms. The first-order valence-electron chi connectivity index (χ1n) is 8.28. The third-order valence-electron chi connectivity index (χ3n) is 4.27. The van der Waals surface area contributed by atoms with Crippen molar-refractivity contribution >= 4 is 28.9 Å². The van der Waals surface area contributed by atoms with Crippen molar-refractivity contribution in [2.75, 3.05) is 31.6 Å². The summed E-state index contributed by atoms with van der Waals surface area (Å²) in [6.45, 7) is 1.80. The molecule has 0 unspecified atom stereocenters. The first kappa shape index (κ1) is 19.2. The number of nitrogens with zero attached hydrogens (tertiary/aromatic N) is 2. The van der Waals surface area contributed by atoms with E-state index in [4.69, 9.17) is 16.3 Å². The minimum Gasteiger partial charge on any atom is -0.379 e. The quantitative estimate of drug-likeness (QED) is 0.621. The van der Waals surface area contributed by atoms with E-state index >= 15 is 0 Å². The number of benzene rings is 2. The van der Waals surface area contributed by atoms with Crippen LogP contribution in [0.3, 0.4) is 0 Å². The number of nitrogens with one attached hydrogen (secondary N) is 1. The van der Waals surface area contributed by atoms with Crippen LogP contribution in [0.25, 0.3) is 0 Å². The van der Waals surface area contributed by atoms with Crippen molar-refractivity contribution < 1.29 is 18.8 Å². The maximum Gasteiger partial charge on any atom is 0.289 e. The van der Waals surface area contributed by atoms with Gasteiger partial charge >= 0.3 is 0 Å². The minimum absolute atomic E-state index is 0.0307. The molecule has 1 atom stereocenters. The molecule has 142 valence electrons. The summed E-state index contributed by atoms with van der Waals surface area (Å²) in [6.07, 6.45) is 0. The van der Waals surface area contributed by atoms with Crippen LogP contribution in [0.4, 0.5) is 15.8 Å². The van der Waals surface area contributed by atoms with Crippen LogP contribution in [0.5, 0.6) is 0 Å². The molecule has 0 aromatic heterocycles. The SMILES string of the molecule is O=C(Nc1ccc(Cl)c([N+](=O)[O-])c1)[C@H](c1ccccc1F)N1CCOCC1. The van der Waals surface area contributed by atoms with Crippen LogP contribution in [-0.2, 0) is 9.53 Å². The van der Waals surface area contributed by atoms with Crippen LogP contribution >= 0.6 is 11.6 Å². The summed E-state index contributed by atoms with van der Waals surface area (Å²) in [4.78, 5) is 25.2. The van der Waals surface area contributed by atoms with Crippen molar-refractivity contribution in [1.82, 2.24) is 4.90 Å². The summed E-state index contributed by atoms with van der Waals surface area (Å²) in [5.74, 6) is -0.982. The van der Waals surface area contributed by atoms with E-state index in [-0.39, 0.29) is 22.0 Å². The molecule has 3 rings (SSSR count). The van der Waals surface area contributed by atoms with Gasteiger partial charge in [-0.05, 0) is 18.2 Å². The van der Waals surface area contributed by atoms with Crippen LogP contribution in [0.15, 0.2) is 42.5 Å². The largest absolute Gasteiger partial charge is 0.379 e. The monoisotopic (exact) mass is 393 g/mol. The lowest BCUT2D eigenvalue weighted by Gasteiger charge is -2.33. The van der Waals surface area contributed by atoms with E-state index in [9.17, 15) is 19.3 Å². The molecular formula is C18H17ClFN3O4. The predicted octanol–water partition coefficient (Wildman–Crippen LogP) is 3.40. The Morgan fingerprint density at radius 3 is 2.63 bits per heavy atom. The number of anilines is 1. The Balaban J connectivity index is 1.90. The number of carbonyl (C=O) groups excluding carboxylic acids is 1. The topological polar surface area (TPSA) is 84.7 Å². The van der Waals surface area contributed by atoms with E-state index in [2.05, 4.69) is 5.32 Å². The molecule has 7 nitrogen and oxygen atoms in total. The van der Waals surface area contributed by atoms with Gasteiger partial charge in [-0.2, -0.15) is 0 Å². The number of nitro groups is 1. The first-order chi connectivity index (χ1) is 13.0. The Hall–Kier alpha value is -2.55. The van der Waals surface area contributed by atoms with Gasteiger partial charge in [0.25, 0.3) is 5.69 Å². The van der Waals surface area contributed by atoms with Crippen molar-refractivity contribution in [1.29, 1.82) is 0 Å². The van der Waals surface area contributed by atoms with E-state index in [1.165, 1.54) is 24.3 Å². The van der Waals surface area contributed by atoms with Crippen molar-refractivity contribution in [3.8, 4) is 0 Å². The van der Waals surface area contributed by atoms with Gasteiger partial charge in [0.2, 0.25) is 5.91 Å². The van der Waals surface area contributed by atoms with Gasteiger partial charge in [0, 0.05) is 30.4 Å². The van der Waals surface area contributed by atoms with Crippen molar-refractivity contribution in [3.05, 3.63) is 69.0 Å². The maximum absolute atomic E-state index is 14.4. The van der Waals surface area contributed by atoms with E-state index in [0.29, 0.717) is 26.3 Å². The Morgan fingerprint density at radius 1 is 1.26 bits per heavy atom. The molecule has 2 aromatic carbocycles. The van der Waals surface area contributed by atoms with Crippen molar-refractivity contribution in [3.63, 3.8) is 0 Å². The van der Waals surface area contributed by atoms with Gasteiger partial charge < -0.3 is 10.1 Å². The standard InChI is InChI=1S/C18H17ClFN3O4/c19-14-6-5-12(11-16(14)23(25)26)21-18(24)17(22-7-9-27-10-8-22)13-3-1-2-4-15(13)20/h1-6,11,17H,7-10H2,(H,21,24)/t17-/m0/s1. The van der Waals surface area contributed by atoms with Gasteiger partial charge in [-0.3, -0.25) is 19.8 Å². The molecule has 1 saturated heterocycles. The lowest BCUT2D eigenvalue weighted by Crippen LogP contribution is -2.44. The van der Waals surface area contributed by atoms with E-state index in [1.54, 1.807) is 18.2 Å². The number of carbonyl (C=O) groups is 1. The number of ether oxygens (including phenoxy) is 1. The summed E-state index contributed by atoms with van der Waals surface area (Å²) >= 11 is 5.80.